The fraction of sp³-hybridized carbons (Fsp3) is 0.308. The fourth-order valence-corrected chi connectivity index (χ4v) is 2.16. The summed E-state index contributed by atoms with van der Waals surface area (Å²) in [5, 5.41) is 3.28. The number of hydrogen-bond donors (Lipinski definition) is 0. The van der Waals surface area contributed by atoms with Gasteiger partial charge in [-0.3, -0.25) is 9.78 Å². The Kier molecular flexibility index (Phi) is 3.24. The largest absolute Gasteiger partial charge is 0.417 e. The molecule has 0 aromatic carbocycles. The number of pyridine rings is 1. The third-order valence-electron chi connectivity index (χ3n) is 3.17. The summed E-state index contributed by atoms with van der Waals surface area (Å²) < 4.78 is 42.7. The predicted octanol–water partition coefficient (Wildman–Crippen LogP) is 4.00. The van der Waals surface area contributed by atoms with E-state index < -0.39 is 11.7 Å². The van der Waals surface area contributed by atoms with E-state index in [1.54, 1.807) is 0 Å². The van der Waals surface area contributed by atoms with Crippen LogP contribution in [0.25, 0.3) is 11.5 Å². The summed E-state index contributed by atoms with van der Waals surface area (Å²) in [7, 11) is 0. The van der Waals surface area contributed by atoms with Crippen LogP contribution in [-0.2, 0) is 6.18 Å². The number of rotatable bonds is 3. The van der Waals surface area contributed by atoms with Crippen molar-refractivity contribution < 1.29 is 22.5 Å². The average molecular weight is 317 g/mol. The van der Waals surface area contributed by atoms with Gasteiger partial charge in [-0.15, -0.1) is 0 Å². The molecule has 1 aliphatic carbocycles. The van der Waals surface area contributed by atoms with Crippen LogP contribution in [0.15, 0.2) is 23.0 Å². The van der Waals surface area contributed by atoms with Crippen molar-refractivity contribution in [2.75, 3.05) is 0 Å². The molecule has 0 amide bonds. The smallest absolute Gasteiger partial charge is 0.354 e. The summed E-state index contributed by atoms with van der Waals surface area (Å²) in [6, 6.07) is 0.748. The van der Waals surface area contributed by atoms with E-state index in [1.165, 1.54) is 6.20 Å². The lowest BCUT2D eigenvalue weighted by molar-refractivity contribution is -0.137. The van der Waals surface area contributed by atoms with E-state index in [-0.39, 0.29) is 33.7 Å². The number of nitrogens with zero attached hydrogens (tertiary/aromatic N) is 2. The van der Waals surface area contributed by atoms with Crippen LogP contribution in [0.4, 0.5) is 13.2 Å². The maximum atomic E-state index is 12.6. The normalized spacial score (nSPS) is 15.2. The first-order chi connectivity index (χ1) is 9.88. The van der Waals surface area contributed by atoms with Crippen LogP contribution in [-0.4, -0.2) is 15.9 Å². The van der Waals surface area contributed by atoms with Gasteiger partial charge < -0.3 is 4.52 Å². The Morgan fingerprint density at radius 2 is 2.05 bits per heavy atom. The topological polar surface area (TPSA) is 56.0 Å². The van der Waals surface area contributed by atoms with Crippen LogP contribution in [0.3, 0.4) is 0 Å². The van der Waals surface area contributed by atoms with Gasteiger partial charge in [-0.1, -0.05) is 16.8 Å². The van der Waals surface area contributed by atoms with Crippen molar-refractivity contribution in [3.63, 3.8) is 0 Å². The Balaban J connectivity index is 2.02. The highest BCUT2D eigenvalue weighted by Crippen LogP contribution is 2.38. The number of hydrogen-bond acceptors (Lipinski definition) is 4. The molecule has 0 aliphatic heterocycles. The van der Waals surface area contributed by atoms with E-state index >= 15 is 0 Å². The van der Waals surface area contributed by atoms with Crippen molar-refractivity contribution in [3.05, 3.63) is 34.6 Å². The zero-order valence-electron chi connectivity index (χ0n) is 10.4. The van der Waals surface area contributed by atoms with Crippen molar-refractivity contribution in [2.45, 2.75) is 19.0 Å². The number of aromatic nitrogens is 2. The van der Waals surface area contributed by atoms with Gasteiger partial charge in [-0.2, -0.15) is 13.2 Å². The van der Waals surface area contributed by atoms with Crippen LogP contribution in [0, 0.1) is 5.92 Å². The summed E-state index contributed by atoms with van der Waals surface area (Å²) in [5.74, 6) is -0.217. The number of Topliss-reactive ketones (excluding diaryl/α,β-unsaturated/α-hetero) is 1. The van der Waals surface area contributed by atoms with Crippen LogP contribution in [0.5, 0.6) is 0 Å². The molecule has 0 atom stereocenters. The number of halogens is 4. The van der Waals surface area contributed by atoms with Crippen LogP contribution in [0.1, 0.15) is 28.8 Å². The highest BCUT2D eigenvalue weighted by molar-refractivity contribution is 6.33. The molecule has 0 bridgehead atoms. The second kappa shape index (κ2) is 4.84. The van der Waals surface area contributed by atoms with Crippen molar-refractivity contribution >= 4 is 17.4 Å². The van der Waals surface area contributed by atoms with Gasteiger partial charge in [0.05, 0.1) is 22.3 Å². The average Bonchev–Trinajstić information content (AvgIpc) is 3.15. The van der Waals surface area contributed by atoms with Crippen LogP contribution >= 0.6 is 11.6 Å². The van der Waals surface area contributed by atoms with E-state index in [4.69, 9.17) is 16.1 Å². The molecule has 0 N–H and O–H groups in total. The molecule has 21 heavy (non-hydrogen) atoms. The van der Waals surface area contributed by atoms with E-state index in [0.717, 1.165) is 18.9 Å². The molecule has 0 spiro atoms. The summed E-state index contributed by atoms with van der Waals surface area (Å²) in [4.78, 5) is 15.7. The highest BCUT2D eigenvalue weighted by atomic mass is 35.5. The molecule has 0 unspecified atom stereocenters. The molecule has 0 saturated heterocycles. The molecular weight excluding hydrogens is 309 g/mol. The minimum Gasteiger partial charge on any atom is -0.354 e. The third-order valence-corrected chi connectivity index (χ3v) is 3.46. The highest BCUT2D eigenvalue weighted by Gasteiger charge is 2.35. The van der Waals surface area contributed by atoms with Crippen LogP contribution < -0.4 is 0 Å². The van der Waals surface area contributed by atoms with Gasteiger partial charge in [0.15, 0.2) is 11.5 Å². The molecule has 1 fully saturated rings. The molecule has 110 valence electrons. The first-order valence-electron chi connectivity index (χ1n) is 6.10. The molecule has 1 aliphatic rings. The van der Waals surface area contributed by atoms with Crippen molar-refractivity contribution in [3.8, 4) is 11.5 Å². The fourth-order valence-electron chi connectivity index (χ4n) is 1.91. The summed E-state index contributed by atoms with van der Waals surface area (Å²) >= 11 is 5.84. The van der Waals surface area contributed by atoms with Gasteiger partial charge >= 0.3 is 6.18 Å². The molecular formula is C13H8ClF3N2O2. The Morgan fingerprint density at radius 1 is 1.33 bits per heavy atom. The Hall–Kier alpha value is -1.89. The van der Waals surface area contributed by atoms with E-state index in [9.17, 15) is 18.0 Å². The van der Waals surface area contributed by atoms with Gasteiger partial charge in [0.25, 0.3) is 0 Å². The Morgan fingerprint density at radius 3 is 2.62 bits per heavy atom. The SMILES string of the molecule is O=C(c1cnoc1-c1ncc(C(F)(F)F)cc1Cl)C1CC1. The predicted molar refractivity (Wildman–Crippen MR) is 66.8 cm³/mol. The second-order valence-corrected chi connectivity index (χ2v) is 5.17. The molecule has 2 aromatic heterocycles. The maximum Gasteiger partial charge on any atom is 0.417 e. The molecule has 4 nitrogen and oxygen atoms in total. The first kappa shape index (κ1) is 14.1. The first-order valence-corrected chi connectivity index (χ1v) is 6.47. The van der Waals surface area contributed by atoms with Crippen molar-refractivity contribution in [2.24, 2.45) is 5.92 Å². The van der Waals surface area contributed by atoms with Crippen molar-refractivity contribution in [1.82, 2.24) is 10.1 Å². The summed E-state index contributed by atoms with van der Waals surface area (Å²) in [6.45, 7) is 0. The summed E-state index contributed by atoms with van der Waals surface area (Å²) in [6.07, 6.45) is -1.07. The van der Waals surface area contributed by atoms with Gasteiger partial charge in [0.1, 0.15) is 5.69 Å². The minimum absolute atomic E-state index is 0.00521. The lowest BCUT2D eigenvalue weighted by Gasteiger charge is -2.08. The van der Waals surface area contributed by atoms with E-state index in [0.29, 0.717) is 6.20 Å². The zero-order valence-corrected chi connectivity index (χ0v) is 11.2. The molecule has 1 saturated carbocycles. The second-order valence-electron chi connectivity index (χ2n) is 4.76. The number of ketones is 1. The number of carbonyl (C=O) groups is 1. The third kappa shape index (κ3) is 2.65. The summed E-state index contributed by atoms with van der Waals surface area (Å²) in [5.41, 5.74) is -0.788. The Bertz CT molecular complexity index is 708. The van der Waals surface area contributed by atoms with Crippen LogP contribution in [0.2, 0.25) is 5.02 Å². The molecule has 8 heteroatoms. The maximum absolute atomic E-state index is 12.6. The van der Waals surface area contributed by atoms with Gasteiger partial charge in [0, 0.05) is 12.1 Å². The number of alkyl halides is 3. The van der Waals surface area contributed by atoms with Gasteiger partial charge in [0.2, 0.25) is 0 Å². The monoisotopic (exact) mass is 316 g/mol. The zero-order chi connectivity index (χ0) is 15.2. The minimum atomic E-state index is -4.54. The Labute approximate surface area is 121 Å². The molecule has 2 aromatic rings. The number of carbonyl (C=O) groups excluding carboxylic acids is 1. The van der Waals surface area contributed by atoms with E-state index in [1.807, 2.05) is 0 Å². The molecule has 0 radical (unpaired) electrons. The lowest BCUT2D eigenvalue weighted by Crippen LogP contribution is -2.06. The van der Waals surface area contributed by atoms with E-state index in [2.05, 4.69) is 10.1 Å². The van der Waals surface area contributed by atoms with Gasteiger partial charge in [-0.25, -0.2) is 0 Å². The molecule has 2 heterocycles. The van der Waals surface area contributed by atoms with Crippen molar-refractivity contribution in [1.29, 1.82) is 0 Å². The lowest BCUT2D eigenvalue weighted by atomic mass is 10.1. The quantitative estimate of drug-likeness (QED) is 0.803. The standard InChI is InChI=1S/C13H8ClF3N2O2/c14-9-3-7(13(15,16)17)4-18-10(9)12-8(5-19-21-12)11(20)6-1-2-6/h3-6H,1-2H2. The van der Waals surface area contributed by atoms with Gasteiger partial charge in [-0.05, 0) is 18.9 Å². The molecule has 3 rings (SSSR count).